The molecule has 0 bridgehead atoms. The largest absolute Gasteiger partial charge is 0.390 e. The number of hydrogen-bond acceptors (Lipinski definition) is 3. The molecule has 2 rings (SSSR count). The van der Waals surface area contributed by atoms with Gasteiger partial charge >= 0.3 is 0 Å². The zero-order chi connectivity index (χ0) is 12.3. The molecule has 2 N–H and O–H groups in total. The van der Waals surface area contributed by atoms with E-state index in [9.17, 15) is 10.2 Å². The van der Waals surface area contributed by atoms with Crippen LogP contribution < -0.4 is 0 Å². The van der Waals surface area contributed by atoms with E-state index in [2.05, 4.69) is 4.98 Å². The van der Waals surface area contributed by atoms with Crippen molar-refractivity contribution >= 4 is 0 Å². The number of hydrogen-bond donors (Lipinski definition) is 2. The van der Waals surface area contributed by atoms with Gasteiger partial charge in [-0.05, 0) is 5.56 Å². The average molecular weight is 232 g/mol. The van der Waals surface area contributed by atoms with E-state index < -0.39 is 12.2 Å². The number of aryl methyl sites for hydroxylation is 1. The maximum Gasteiger partial charge on any atom is 0.111 e. The van der Waals surface area contributed by atoms with Crippen LogP contribution in [-0.2, 0) is 13.5 Å². The van der Waals surface area contributed by atoms with Crippen molar-refractivity contribution in [3.05, 3.63) is 54.1 Å². The van der Waals surface area contributed by atoms with Gasteiger partial charge in [-0.1, -0.05) is 30.3 Å². The summed E-state index contributed by atoms with van der Waals surface area (Å²) in [6, 6.07) is 9.15. The first-order valence-electron chi connectivity index (χ1n) is 5.56. The van der Waals surface area contributed by atoms with Crippen LogP contribution in [0.4, 0.5) is 0 Å². The van der Waals surface area contributed by atoms with Crippen LogP contribution in [0.2, 0.25) is 0 Å². The molecule has 0 spiro atoms. The van der Waals surface area contributed by atoms with E-state index >= 15 is 0 Å². The van der Waals surface area contributed by atoms with Crippen LogP contribution in [0, 0.1) is 0 Å². The molecule has 0 amide bonds. The van der Waals surface area contributed by atoms with Crippen LogP contribution >= 0.6 is 0 Å². The maximum absolute atomic E-state index is 9.99. The predicted octanol–water partition coefficient (Wildman–Crippen LogP) is 1.06. The SMILES string of the molecule is Cn1ccnc1CC(O)C(O)c1ccccc1. The lowest BCUT2D eigenvalue weighted by atomic mass is 10.0. The minimum Gasteiger partial charge on any atom is -0.390 e. The molecule has 1 heterocycles. The van der Waals surface area contributed by atoms with Crippen LogP contribution in [0.1, 0.15) is 17.5 Å². The van der Waals surface area contributed by atoms with Gasteiger partial charge in [0.2, 0.25) is 0 Å². The predicted molar refractivity (Wildman–Crippen MR) is 64.3 cm³/mol. The molecule has 1 aromatic heterocycles. The second kappa shape index (κ2) is 5.12. The average Bonchev–Trinajstić information content (AvgIpc) is 2.75. The van der Waals surface area contributed by atoms with Gasteiger partial charge in [0.05, 0.1) is 6.10 Å². The zero-order valence-corrected chi connectivity index (χ0v) is 9.69. The molecule has 4 heteroatoms. The smallest absolute Gasteiger partial charge is 0.111 e. The molecule has 4 nitrogen and oxygen atoms in total. The molecule has 2 unspecified atom stereocenters. The molecule has 2 atom stereocenters. The first kappa shape index (κ1) is 11.8. The van der Waals surface area contributed by atoms with Crippen LogP contribution in [0.25, 0.3) is 0 Å². The molecule has 0 aliphatic heterocycles. The quantitative estimate of drug-likeness (QED) is 0.828. The van der Waals surface area contributed by atoms with Crippen molar-refractivity contribution in [2.75, 3.05) is 0 Å². The molecule has 0 saturated carbocycles. The first-order valence-corrected chi connectivity index (χ1v) is 5.56. The van der Waals surface area contributed by atoms with E-state index in [0.29, 0.717) is 12.0 Å². The standard InChI is InChI=1S/C13H16N2O2/c1-15-8-7-14-12(15)9-11(16)13(17)10-5-3-2-4-6-10/h2-8,11,13,16-17H,9H2,1H3. The number of imidazole rings is 1. The first-order chi connectivity index (χ1) is 8.18. The molecule has 0 radical (unpaired) electrons. The van der Waals surface area contributed by atoms with Gasteiger partial charge in [0.25, 0.3) is 0 Å². The number of benzene rings is 1. The van der Waals surface area contributed by atoms with Crippen molar-refractivity contribution in [1.82, 2.24) is 9.55 Å². The van der Waals surface area contributed by atoms with Crippen LogP contribution in [0.15, 0.2) is 42.7 Å². The third kappa shape index (κ3) is 2.72. The molecular formula is C13H16N2O2. The van der Waals surface area contributed by atoms with Crippen molar-refractivity contribution in [2.24, 2.45) is 7.05 Å². The lowest BCUT2D eigenvalue weighted by Gasteiger charge is -2.17. The highest BCUT2D eigenvalue weighted by Gasteiger charge is 2.19. The summed E-state index contributed by atoms with van der Waals surface area (Å²) in [5.74, 6) is 0.757. The normalized spacial score (nSPS) is 14.5. The fourth-order valence-corrected chi connectivity index (χ4v) is 1.76. The highest BCUT2D eigenvalue weighted by molar-refractivity contribution is 5.18. The van der Waals surface area contributed by atoms with Gasteiger partial charge in [-0.2, -0.15) is 0 Å². The highest BCUT2D eigenvalue weighted by Crippen LogP contribution is 2.18. The summed E-state index contributed by atoms with van der Waals surface area (Å²) in [7, 11) is 1.87. The lowest BCUT2D eigenvalue weighted by Crippen LogP contribution is -2.22. The van der Waals surface area contributed by atoms with Gasteiger partial charge in [0.15, 0.2) is 0 Å². The molecule has 0 aliphatic carbocycles. The van der Waals surface area contributed by atoms with E-state index in [1.54, 1.807) is 18.3 Å². The van der Waals surface area contributed by atoms with E-state index in [1.807, 2.05) is 36.0 Å². The van der Waals surface area contributed by atoms with Gasteiger partial charge in [0, 0.05) is 25.9 Å². The second-order valence-electron chi connectivity index (χ2n) is 4.08. The van der Waals surface area contributed by atoms with Gasteiger partial charge in [-0.3, -0.25) is 0 Å². The lowest BCUT2D eigenvalue weighted by molar-refractivity contribution is 0.0174. The van der Waals surface area contributed by atoms with Crippen molar-refractivity contribution in [3.63, 3.8) is 0 Å². The number of aromatic nitrogens is 2. The minimum absolute atomic E-state index is 0.333. The third-order valence-electron chi connectivity index (χ3n) is 2.82. The molecule has 17 heavy (non-hydrogen) atoms. The Balaban J connectivity index is 2.06. The van der Waals surface area contributed by atoms with E-state index in [4.69, 9.17) is 0 Å². The Bertz CT molecular complexity index is 467. The minimum atomic E-state index is -0.882. The third-order valence-corrected chi connectivity index (χ3v) is 2.82. The monoisotopic (exact) mass is 232 g/mol. The molecule has 0 aliphatic rings. The Morgan fingerprint density at radius 1 is 1.24 bits per heavy atom. The van der Waals surface area contributed by atoms with E-state index in [0.717, 1.165) is 5.82 Å². The Kier molecular flexibility index (Phi) is 3.56. The summed E-state index contributed by atoms with van der Waals surface area (Å²) >= 11 is 0. The highest BCUT2D eigenvalue weighted by atomic mass is 16.3. The topological polar surface area (TPSA) is 58.3 Å². The summed E-state index contributed by atoms with van der Waals surface area (Å²) in [6.45, 7) is 0. The van der Waals surface area contributed by atoms with Crippen LogP contribution in [0.5, 0.6) is 0 Å². The second-order valence-corrected chi connectivity index (χ2v) is 4.08. The van der Waals surface area contributed by atoms with Crippen LogP contribution in [-0.4, -0.2) is 25.9 Å². The van der Waals surface area contributed by atoms with Gasteiger partial charge in [0.1, 0.15) is 11.9 Å². The fourth-order valence-electron chi connectivity index (χ4n) is 1.76. The Morgan fingerprint density at radius 3 is 2.53 bits per heavy atom. The Morgan fingerprint density at radius 2 is 1.94 bits per heavy atom. The molecule has 0 saturated heterocycles. The molecule has 2 aromatic rings. The van der Waals surface area contributed by atoms with E-state index in [-0.39, 0.29) is 0 Å². The summed E-state index contributed by atoms with van der Waals surface area (Å²) in [5.41, 5.74) is 0.717. The van der Waals surface area contributed by atoms with Crippen molar-refractivity contribution < 1.29 is 10.2 Å². The fraction of sp³-hybridized carbons (Fsp3) is 0.308. The molecule has 1 aromatic carbocycles. The molecule has 90 valence electrons. The maximum atomic E-state index is 9.99. The van der Waals surface area contributed by atoms with Crippen molar-refractivity contribution in [3.8, 4) is 0 Å². The summed E-state index contributed by atoms with van der Waals surface area (Å²) in [5, 5.41) is 20.0. The van der Waals surface area contributed by atoms with Crippen molar-refractivity contribution in [1.29, 1.82) is 0 Å². The van der Waals surface area contributed by atoms with Crippen molar-refractivity contribution in [2.45, 2.75) is 18.6 Å². The number of aliphatic hydroxyl groups excluding tert-OH is 2. The van der Waals surface area contributed by atoms with Gasteiger partial charge in [-0.15, -0.1) is 0 Å². The van der Waals surface area contributed by atoms with Gasteiger partial charge in [-0.25, -0.2) is 4.98 Å². The number of rotatable bonds is 4. The van der Waals surface area contributed by atoms with Crippen LogP contribution in [0.3, 0.4) is 0 Å². The summed E-state index contributed by atoms with van der Waals surface area (Å²) in [4.78, 5) is 4.12. The number of nitrogens with zero attached hydrogens (tertiary/aromatic N) is 2. The number of aliphatic hydroxyl groups is 2. The summed E-state index contributed by atoms with van der Waals surface area (Å²) in [6.07, 6.45) is 2.10. The Hall–Kier alpha value is -1.65. The molecule has 0 fully saturated rings. The van der Waals surface area contributed by atoms with E-state index in [1.165, 1.54) is 0 Å². The zero-order valence-electron chi connectivity index (χ0n) is 9.69. The Labute approximate surface area is 100 Å². The van der Waals surface area contributed by atoms with Gasteiger partial charge < -0.3 is 14.8 Å². The molecular weight excluding hydrogens is 216 g/mol. The summed E-state index contributed by atoms with van der Waals surface area (Å²) < 4.78 is 1.83.